The Bertz CT molecular complexity index is 961. The largest absolute Gasteiger partial charge is 0.378 e. The number of aromatic nitrogens is 4. The molecule has 4 rings (SSSR count). The van der Waals surface area contributed by atoms with Gasteiger partial charge < -0.3 is 15.0 Å². The minimum Gasteiger partial charge on any atom is -0.378 e. The van der Waals surface area contributed by atoms with Gasteiger partial charge in [0.1, 0.15) is 12.1 Å². The van der Waals surface area contributed by atoms with Crippen LogP contribution in [0.25, 0.3) is 5.82 Å². The van der Waals surface area contributed by atoms with E-state index in [0.717, 1.165) is 54.6 Å². The van der Waals surface area contributed by atoms with Crippen LogP contribution in [0.4, 0.5) is 5.82 Å². The lowest BCUT2D eigenvalue weighted by Gasteiger charge is -2.27. The zero-order chi connectivity index (χ0) is 22.3. The maximum absolute atomic E-state index is 12.4. The highest BCUT2D eigenvalue weighted by molar-refractivity contribution is 5.76. The molecule has 1 N–H and O–H groups in total. The van der Waals surface area contributed by atoms with Crippen LogP contribution in [-0.4, -0.2) is 58.5 Å². The number of hydrogen-bond acceptors (Lipinski definition) is 6. The first-order valence-electron chi connectivity index (χ1n) is 11.8. The fraction of sp³-hybridized carbons (Fsp3) is 0.583. The standard InChI is InChI=1S/C24H34N6O2/c1-18-21(8-9-24(31)25-11-10-20-6-4-3-5-7-20)19(2)30(28-18)23-16-22(26-17-27-23)29-12-14-32-15-13-29/h6,16-17H,3-5,7-15H2,1-2H3,(H,25,31). The third-order valence-electron chi connectivity index (χ3n) is 6.39. The summed E-state index contributed by atoms with van der Waals surface area (Å²) in [4.78, 5) is 23.5. The number of allylic oxidation sites excluding steroid dienone is 1. The van der Waals surface area contributed by atoms with Crippen molar-refractivity contribution in [1.29, 1.82) is 0 Å². The average Bonchev–Trinajstić information content (AvgIpc) is 3.12. The van der Waals surface area contributed by atoms with E-state index in [-0.39, 0.29) is 5.91 Å². The van der Waals surface area contributed by atoms with Crippen molar-refractivity contribution in [2.24, 2.45) is 0 Å². The molecule has 2 aliphatic rings. The third-order valence-corrected chi connectivity index (χ3v) is 6.39. The number of ether oxygens (including phenoxy) is 1. The fourth-order valence-electron chi connectivity index (χ4n) is 4.50. The van der Waals surface area contributed by atoms with Gasteiger partial charge in [-0.2, -0.15) is 5.10 Å². The van der Waals surface area contributed by atoms with Crippen LogP contribution >= 0.6 is 0 Å². The Balaban J connectivity index is 1.35. The van der Waals surface area contributed by atoms with Gasteiger partial charge in [-0.3, -0.25) is 4.79 Å². The molecule has 1 fully saturated rings. The lowest BCUT2D eigenvalue weighted by molar-refractivity contribution is -0.121. The molecule has 0 bridgehead atoms. The minimum atomic E-state index is 0.101. The number of nitrogens with one attached hydrogen (secondary N) is 1. The fourth-order valence-corrected chi connectivity index (χ4v) is 4.50. The molecular weight excluding hydrogens is 404 g/mol. The smallest absolute Gasteiger partial charge is 0.220 e. The van der Waals surface area contributed by atoms with Crippen LogP contribution < -0.4 is 10.2 Å². The molecule has 8 heteroatoms. The van der Waals surface area contributed by atoms with E-state index in [1.54, 1.807) is 6.33 Å². The van der Waals surface area contributed by atoms with Gasteiger partial charge in [0.05, 0.1) is 18.9 Å². The highest BCUT2D eigenvalue weighted by Crippen LogP contribution is 2.21. The van der Waals surface area contributed by atoms with Crippen LogP contribution in [-0.2, 0) is 16.0 Å². The molecule has 1 saturated heterocycles. The first kappa shape index (κ1) is 22.5. The first-order valence-corrected chi connectivity index (χ1v) is 11.8. The molecular formula is C24H34N6O2. The van der Waals surface area contributed by atoms with Gasteiger partial charge in [0.25, 0.3) is 0 Å². The Morgan fingerprint density at radius 2 is 1.94 bits per heavy atom. The van der Waals surface area contributed by atoms with Crippen LogP contribution in [0, 0.1) is 13.8 Å². The van der Waals surface area contributed by atoms with Crippen molar-refractivity contribution >= 4 is 11.7 Å². The summed E-state index contributed by atoms with van der Waals surface area (Å²) in [5.41, 5.74) is 4.57. The molecule has 1 aliphatic heterocycles. The van der Waals surface area contributed by atoms with E-state index in [4.69, 9.17) is 9.84 Å². The van der Waals surface area contributed by atoms with Crippen molar-refractivity contribution in [2.45, 2.75) is 58.8 Å². The second-order valence-corrected chi connectivity index (χ2v) is 8.60. The summed E-state index contributed by atoms with van der Waals surface area (Å²) in [5, 5.41) is 7.79. The zero-order valence-corrected chi connectivity index (χ0v) is 19.3. The molecule has 0 spiro atoms. The highest BCUT2D eigenvalue weighted by Gasteiger charge is 2.18. The Kier molecular flexibility index (Phi) is 7.52. The normalized spacial score (nSPS) is 16.7. The van der Waals surface area contributed by atoms with Crippen molar-refractivity contribution in [3.05, 3.63) is 41.0 Å². The summed E-state index contributed by atoms with van der Waals surface area (Å²) < 4.78 is 7.30. The molecule has 32 heavy (non-hydrogen) atoms. The van der Waals surface area contributed by atoms with Gasteiger partial charge >= 0.3 is 0 Å². The Hall–Kier alpha value is -2.74. The summed E-state index contributed by atoms with van der Waals surface area (Å²) in [6.45, 7) is 7.84. The van der Waals surface area contributed by atoms with Crippen molar-refractivity contribution < 1.29 is 9.53 Å². The molecule has 0 atom stereocenters. The molecule has 2 aromatic heterocycles. The number of hydrogen-bond donors (Lipinski definition) is 1. The van der Waals surface area contributed by atoms with E-state index in [9.17, 15) is 4.79 Å². The maximum Gasteiger partial charge on any atom is 0.220 e. The van der Waals surface area contributed by atoms with Crippen molar-refractivity contribution in [2.75, 3.05) is 37.7 Å². The van der Waals surface area contributed by atoms with E-state index < -0.39 is 0 Å². The molecule has 172 valence electrons. The van der Waals surface area contributed by atoms with Crippen molar-refractivity contribution in [3.8, 4) is 5.82 Å². The van der Waals surface area contributed by atoms with Crippen molar-refractivity contribution in [1.82, 2.24) is 25.1 Å². The van der Waals surface area contributed by atoms with Gasteiger partial charge in [-0.05, 0) is 57.9 Å². The quantitative estimate of drug-likeness (QED) is 0.638. The molecule has 2 aromatic rings. The molecule has 3 heterocycles. The number of morpholine rings is 1. The summed E-state index contributed by atoms with van der Waals surface area (Å²) in [5.74, 6) is 1.74. The number of carbonyl (C=O) groups excluding carboxylic acids is 1. The second-order valence-electron chi connectivity index (χ2n) is 8.60. The molecule has 0 radical (unpaired) electrons. The second kappa shape index (κ2) is 10.7. The number of aryl methyl sites for hydroxylation is 1. The maximum atomic E-state index is 12.4. The molecule has 8 nitrogen and oxygen atoms in total. The van der Waals surface area contributed by atoms with Crippen molar-refractivity contribution in [3.63, 3.8) is 0 Å². The van der Waals surface area contributed by atoms with E-state index in [1.807, 2.05) is 24.6 Å². The molecule has 0 unspecified atom stereocenters. The Morgan fingerprint density at radius 3 is 2.72 bits per heavy atom. The van der Waals surface area contributed by atoms with E-state index in [2.05, 4.69) is 26.3 Å². The van der Waals surface area contributed by atoms with Crippen LogP contribution in [0.5, 0.6) is 0 Å². The lowest BCUT2D eigenvalue weighted by Crippen LogP contribution is -2.36. The predicted molar refractivity (Wildman–Crippen MR) is 124 cm³/mol. The zero-order valence-electron chi connectivity index (χ0n) is 19.3. The number of carbonyl (C=O) groups is 1. The van der Waals surface area contributed by atoms with Crippen LogP contribution in [0.3, 0.4) is 0 Å². The lowest BCUT2D eigenvalue weighted by atomic mass is 9.97. The van der Waals surface area contributed by atoms with Crippen LogP contribution in [0.2, 0.25) is 0 Å². The van der Waals surface area contributed by atoms with Gasteiger partial charge in [-0.25, -0.2) is 14.6 Å². The van der Waals surface area contributed by atoms with Gasteiger partial charge in [-0.15, -0.1) is 0 Å². The SMILES string of the molecule is Cc1nn(-c2cc(N3CCOCC3)ncn2)c(C)c1CCC(=O)NCCC1=CCCCC1. The molecule has 0 aromatic carbocycles. The van der Waals surface area contributed by atoms with E-state index >= 15 is 0 Å². The summed E-state index contributed by atoms with van der Waals surface area (Å²) in [7, 11) is 0. The molecule has 1 aliphatic carbocycles. The Labute approximate surface area is 190 Å². The number of nitrogens with zero attached hydrogens (tertiary/aromatic N) is 5. The number of amides is 1. The van der Waals surface area contributed by atoms with Crippen LogP contribution in [0.1, 0.15) is 55.5 Å². The number of rotatable bonds is 8. The third kappa shape index (κ3) is 5.54. The monoisotopic (exact) mass is 438 g/mol. The topological polar surface area (TPSA) is 85.2 Å². The van der Waals surface area contributed by atoms with E-state index in [0.29, 0.717) is 26.1 Å². The average molecular weight is 439 g/mol. The highest BCUT2D eigenvalue weighted by atomic mass is 16.5. The van der Waals surface area contributed by atoms with Gasteiger partial charge in [-0.1, -0.05) is 11.6 Å². The molecule has 0 saturated carbocycles. The number of anilines is 1. The minimum absolute atomic E-state index is 0.101. The van der Waals surface area contributed by atoms with Gasteiger partial charge in [0.15, 0.2) is 5.82 Å². The van der Waals surface area contributed by atoms with Gasteiger partial charge in [0, 0.05) is 37.8 Å². The summed E-state index contributed by atoms with van der Waals surface area (Å²) in [6.07, 6.45) is 11.0. The van der Waals surface area contributed by atoms with Crippen LogP contribution in [0.15, 0.2) is 24.0 Å². The summed E-state index contributed by atoms with van der Waals surface area (Å²) >= 11 is 0. The first-order chi connectivity index (χ1) is 15.6. The predicted octanol–water partition coefficient (Wildman–Crippen LogP) is 3.06. The summed E-state index contributed by atoms with van der Waals surface area (Å²) in [6, 6.07) is 1.97. The molecule has 1 amide bonds. The van der Waals surface area contributed by atoms with E-state index in [1.165, 1.54) is 31.3 Å². The van der Waals surface area contributed by atoms with Gasteiger partial charge in [0.2, 0.25) is 5.91 Å². The Morgan fingerprint density at radius 1 is 1.12 bits per heavy atom.